The number of carbonyl (C=O) groups is 4. The van der Waals surface area contributed by atoms with Gasteiger partial charge in [0.2, 0.25) is 5.91 Å². The van der Waals surface area contributed by atoms with Crippen molar-refractivity contribution in [3.8, 4) is 0 Å². The van der Waals surface area contributed by atoms with Crippen LogP contribution in [0.15, 0.2) is 36.4 Å². The van der Waals surface area contributed by atoms with Gasteiger partial charge in [0.1, 0.15) is 0 Å². The lowest BCUT2D eigenvalue weighted by molar-refractivity contribution is -0.142. The van der Waals surface area contributed by atoms with E-state index in [1.54, 1.807) is 29.2 Å². The summed E-state index contributed by atoms with van der Waals surface area (Å²) < 4.78 is 5.09. The number of carbonyl (C=O) groups excluding carboxylic acids is 4. The molecule has 2 aliphatic rings. The molecule has 0 spiro atoms. The van der Waals surface area contributed by atoms with Crippen molar-refractivity contribution in [2.45, 2.75) is 39.0 Å². The topological polar surface area (TPSA) is 80.8 Å². The Balaban J connectivity index is 1.32. The quantitative estimate of drug-likeness (QED) is 0.522. The third-order valence-corrected chi connectivity index (χ3v) is 5.62. The monoisotopic (exact) mass is 405 g/mol. The van der Waals surface area contributed by atoms with E-state index in [1.165, 1.54) is 0 Å². The van der Waals surface area contributed by atoms with Crippen LogP contribution >= 0.6 is 0 Å². The summed E-state index contributed by atoms with van der Waals surface area (Å²) in [6.07, 6.45) is 1.98. The number of esters is 1. The molecule has 2 heterocycles. The second kappa shape index (κ2) is 8.22. The molecule has 0 N–H and O–H groups in total. The van der Waals surface area contributed by atoms with Crippen LogP contribution in [0.2, 0.25) is 0 Å². The Morgan fingerprint density at radius 3 is 2.47 bits per heavy atom. The average Bonchev–Trinajstić information content (AvgIpc) is 3.07. The summed E-state index contributed by atoms with van der Waals surface area (Å²) in [4.78, 5) is 50.6. The van der Waals surface area contributed by atoms with Crippen molar-refractivity contribution < 1.29 is 23.9 Å². The van der Waals surface area contributed by atoms with Crippen LogP contribution in [0.25, 0.3) is 0 Å². The number of aryl methyl sites for hydroxylation is 2. The number of anilines is 1. The molecule has 2 aliphatic heterocycles. The van der Waals surface area contributed by atoms with Gasteiger partial charge in [0, 0.05) is 24.1 Å². The van der Waals surface area contributed by atoms with Gasteiger partial charge in [-0.3, -0.25) is 19.2 Å². The third-order valence-electron chi connectivity index (χ3n) is 5.62. The first-order chi connectivity index (χ1) is 14.4. The zero-order valence-corrected chi connectivity index (χ0v) is 16.9. The molecule has 0 unspecified atom stereocenters. The highest BCUT2D eigenvalue weighted by atomic mass is 16.5. The maximum atomic E-state index is 12.5. The fourth-order valence-corrected chi connectivity index (χ4v) is 4.04. The van der Waals surface area contributed by atoms with Gasteiger partial charge in [0.15, 0.2) is 18.2 Å². The maximum Gasteiger partial charge on any atom is 0.306 e. The van der Waals surface area contributed by atoms with Crippen molar-refractivity contribution in [2.24, 2.45) is 0 Å². The molecule has 6 nitrogen and oxygen atoms in total. The van der Waals surface area contributed by atoms with Crippen molar-refractivity contribution in [3.05, 3.63) is 64.2 Å². The van der Waals surface area contributed by atoms with Crippen LogP contribution in [0.4, 0.5) is 5.69 Å². The predicted octanol–water partition coefficient (Wildman–Crippen LogP) is 3.22. The molecule has 0 bridgehead atoms. The lowest BCUT2D eigenvalue weighted by Crippen LogP contribution is -2.31. The molecule has 4 rings (SSSR count). The maximum absolute atomic E-state index is 12.5. The highest BCUT2D eigenvalue weighted by Gasteiger charge is 2.33. The highest BCUT2D eigenvalue weighted by molar-refractivity contribution is 6.05. The van der Waals surface area contributed by atoms with Crippen LogP contribution < -0.4 is 4.90 Å². The summed E-state index contributed by atoms with van der Waals surface area (Å²) >= 11 is 0. The van der Waals surface area contributed by atoms with E-state index in [2.05, 4.69) is 0 Å². The summed E-state index contributed by atoms with van der Waals surface area (Å²) in [7, 11) is 0. The van der Waals surface area contributed by atoms with Gasteiger partial charge in [-0.1, -0.05) is 29.8 Å². The van der Waals surface area contributed by atoms with Crippen molar-refractivity contribution in [1.82, 2.24) is 0 Å². The molecule has 2 aromatic rings. The Morgan fingerprint density at radius 2 is 1.70 bits per heavy atom. The standard InChI is InChI=1S/C24H23NO5/c1-15-4-6-16(7-5-15)20(26)8-9-23(29)30-14-21(27)18-11-17-3-2-10-25-22(28)13-19(12-18)24(17)25/h4-7,11-12H,2-3,8-10,13-14H2,1H3. The normalized spacial score (nSPS) is 14.4. The number of hydrogen-bond acceptors (Lipinski definition) is 5. The van der Waals surface area contributed by atoms with Crippen LogP contribution in [-0.4, -0.2) is 36.6 Å². The number of ketones is 2. The second-order valence-electron chi connectivity index (χ2n) is 7.84. The molecule has 0 saturated heterocycles. The number of nitrogens with zero attached hydrogens (tertiary/aromatic N) is 1. The summed E-state index contributed by atoms with van der Waals surface area (Å²) in [6.45, 7) is 2.30. The molecule has 0 saturated carbocycles. The fourth-order valence-electron chi connectivity index (χ4n) is 4.04. The Bertz CT molecular complexity index is 1040. The van der Waals surface area contributed by atoms with Gasteiger partial charge in [-0.2, -0.15) is 0 Å². The number of benzene rings is 2. The first-order valence-electron chi connectivity index (χ1n) is 10.2. The van der Waals surface area contributed by atoms with E-state index >= 15 is 0 Å². The van der Waals surface area contributed by atoms with Gasteiger partial charge < -0.3 is 9.64 Å². The fraction of sp³-hybridized carbons (Fsp3) is 0.333. The van der Waals surface area contributed by atoms with Crippen LogP contribution in [-0.2, 0) is 27.2 Å². The van der Waals surface area contributed by atoms with E-state index in [0.717, 1.165) is 41.8 Å². The van der Waals surface area contributed by atoms with Crippen LogP contribution in [0.1, 0.15) is 56.7 Å². The van der Waals surface area contributed by atoms with Gasteiger partial charge in [-0.05, 0) is 43.0 Å². The smallest absolute Gasteiger partial charge is 0.306 e. The molecular formula is C24H23NO5. The molecular weight excluding hydrogens is 382 g/mol. The first kappa shape index (κ1) is 20.0. The Labute approximate surface area is 174 Å². The molecule has 6 heteroatoms. The summed E-state index contributed by atoms with van der Waals surface area (Å²) in [5, 5.41) is 0. The molecule has 154 valence electrons. The number of rotatable bonds is 7. The zero-order valence-electron chi connectivity index (χ0n) is 16.9. The molecule has 1 amide bonds. The largest absolute Gasteiger partial charge is 0.457 e. The lowest BCUT2D eigenvalue weighted by atomic mass is 9.95. The van der Waals surface area contributed by atoms with E-state index < -0.39 is 5.97 Å². The number of amides is 1. The average molecular weight is 405 g/mol. The molecule has 0 radical (unpaired) electrons. The van der Waals surface area contributed by atoms with Crippen molar-refractivity contribution in [2.75, 3.05) is 18.1 Å². The first-order valence-corrected chi connectivity index (χ1v) is 10.2. The van der Waals surface area contributed by atoms with Crippen molar-refractivity contribution in [1.29, 1.82) is 0 Å². The predicted molar refractivity (Wildman–Crippen MR) is 111 cm³/mol. The number of Topliss-reactive ketones (excluding diaryl/α,β-unsaturated/α-hetero) is 2. The molecule has 2 aromatic carbocycles. The number of hydrogen-bond donors (Lipinski definition) is 0. The van der Waals surface area contributed by atoms with E-state index in [1.807, 2.05) is 19.1 Å². The molecule has 0 aliphatic carbocycles. The molecule has 0 fully saturated rings. The third kappa shape index (κ3) is 4.03. The van der Waals surface area contributed by atoms with E-state index in [0.29, 0.717) is 17.5 Å². The lowest BCUT2D eigenvalue weighted by Gasteiger charge is -2.25. The molecule has 0 atom stereocenters. The van der Waals surface area contributed by atoms with Crippen LogP contribution in [0.5, 0.6) is 0 Å². The van der Waals surface area contributed by atoms with Gasteiger partial charge >= 0.3 is 5.97 Å². The Morgan fingerprint density at radius 1 is 0.967 bits per heavy atom. The van der Waals surface area contributed by atoms with Gasteiger partial charge in [0.25, 0.3) is 0 Å². The minimum atomic E-state index is -0.576. The van der Waals surface area contributed by atoms with E-state index in [9.17, 15) is 19.2 Å². The molecule has 0 aromatic heterocycles. The second-order valence-corrected chi connectivity index (χ2v) is 7.84. The van der Waals surface area contributed by atoms with E-state index in [4.69, 9.17) is 4.74 Å². The van der Waals surface area contributed by atoms with Gasteiger partial charge in [-0.15, -0.1) is 0 Å². The summed E-state index contributed by atoms with van der Waals surface area (Å²) in [5.74, 6) is -0.943. The number of ether oxygens (including phenoxy) is 1. The minimum Gasteiger partial charge on any atom is -0.457 e. The van der Waals surface area contributed by atoms with Gasteiger partial charge in [0.05, 0.1) is 18.5 Å². The SMILES string of the molecule is Cc1ccc(C(=O)CCC(=O)OCC(=O)c2cc3c4c(c2)CC(=O)N4CCC3)cc1. The van der Waals surface area contributed by atoms with Gasteiger partial charge in [-0.25, -0.2) is 0 Å². The van der Waals surface area contributed by atoms with Crippen LogP contribution in [0.3, 0.4) is 0 Å². The Hall–Kier alpha value is -3.28. The highest BCUT2D eigenvalue weighted by Crippen LogP contribution is 2.37. The zero-order chi connectivity index (χ0) is 21.3. The van der Waals surface area contributed by atoms with Crippen molar-refractivity contribution in [3.63, 3.8) is 0 Å². The molecule has 30 heavy (non-hydrogen) atoms. The van der Waals surface area contributed by atoms with E-state index in [-0.39, 0.29) is 36.9 Å². The summed E-state index contributed by atoms with van der Waals surface area (Å²) in [6, 6.07) is 10.7. The van der Waals surface area contributed by atoms with Crippen LogP contribution in [0, 0.1) is 6.92 Å². The van der Waals surface area contributed by atoms with Crippen molar-refractivity contribution >= 4 is 29.1 Å². The summed E-state index contributed by atoms with van der Waals surface area (Å²) in [5.41, 5.74) is 4.90. The minimum absolute atomic E-state index is 0.0387. The Kier molecular flexibility index (Phi) is 5.48.